The molecule has 4 N–H and O–H groups in total. The number of aromatic hydroxyl groups is 4. The number of phenolic OH excluding ortho intramolecular Hbond substituents is 4. The van der Waals surface area contributed by atoms with Crippen LogP contribution >= 0.6 is 0 Å². The number of aromatic nitrogens is 1. The smallest absolute Gasteiger partial charge is 0.345 e. The molecule has 0 amide bonds. The van der Waals surface area contributed by atoms with Gasteiger partial charge in [-0.2, -0.15) is 0 Å². The minimum absolute atomic E-state index is 0.0615. The SMILES string of the molecule is O=C(Oc1c(-c2ccc(O)c(O)c2)oc2cc(O)cc(O)c2c1=O)c1cccnc1. The van der Waals surface area contributed by atoms with Crippen molar-refractivity contribution >= 4 is 16.9 Å². The second-order valence-electron chi connectivity index (χ2n) is 6.26. The molecule has 0 saturated heterocycles. The fraction of sp³-hybridized carbons (Fsp3) is 0. The van der Waals surface area contributed by atoms with E-state index in [-0.39, 0.29) is 33.6 Å². The molecule has 9 nitrogen and oxygen atoms in total. The highest BCUT2D eigenvalue weighted by Crippen LogP contribution is 2.38. The van der Waals surface area contributed by atoms with Gasteiger partial charge in [-0.15, -0.1) is 0 Å². The lowest BCUT2D eigenvalue weighted by Gasteiger charge is -2.12. The van der Waals surface area contributed by atoms with Crippen LogP contribution in [0.3, 0.4) is 0 Å². The Hall–Kier alpha value is -4.53. The van der Waals surface area contributed by atoms with Crippen molar-refractivity contribution in [2.24, 2.45) is 0 Å². The Kier molecular flexibility index (Phi) is 4.47. The van der Waals surface area contributed by atoms with Crippen molar-refractivity contribution in [1.82, 2.24) is 4.98 Å². The van der Waals surface area contributed by atoms with Gasteiger partial charge in [0.2, 0.25) is 11.2 Å². The Morgan fingerprint density at radius 1 is 0.967 bits per heavy atom. The molecule has 2 aromatic heterocycles. The molecule has 0 saturated carbocycles. The Morgan fingerprint density at radius 3 is 2.47 bits per heavy atom. The molecule has 9 heteroatoms. The molecule has 0 bridgehead atoms. The Bertz CT molecular complexity index is 1340. The van der Waals surface area contributed by atoms with Crippen LogP contribution in [0.5, 0.6) is 28.7 Å². The molecule has 2 heterocycles. The number of ether oxygens (including phenoxy) is 1. The van der Waals surface area contributed by atoms with Gasteiger partial charge in [0.15, 0.2) is 17.3 Å². The summed E-state index contributed by atoms with van der Waals surface area (Å²) in [6.07, 6.45) is 2.70. The predicted molar refractivity (Wildman–Crippen MR) is 104 cm³/mol. The Labute approximate surface area is 167 Å². The van der Waals surface area contributed by atoms with Crippen molar-refractivity contribution in [3.8, 4) is 40.1 Å². The van der Waals surface area contributed by atoms with Crippen molar-refractivity contribution in [3.05, 3.63) is 70.6 Å². The van der Waals surface area contributed by atoms with E-state index in [2.05, 4.69) is 4.98 Å². The van der Waals surface area contributed by atoms with E-state index in [9.17, 15) is 30.0 Å². The molecular weight excluding hydrogens is 394 g/mol. The van der Waals surface area contributed by atoms with Gasteiger partial charge in [-0.3, -0.25) is 9.78 Å². The van der Waals surface area contributed by atoms with Crippen molar-refractivity contribution in [3.63, 3.8) is 0 Å². The van der Waals surface area contributed by atoms with Gasteiger partial charge in [-0.05, 0) is 30.3 Å². The summed E-state index contributed by atoms with van der Waals surface area (Å²) in [5.74, 6) is -3.56. The third-order valence-corrected chi connectivity index (χ3v) is 4.25. The van der Waals surface area contributed by atoms with Crippen LogP contribution in [0.2, 0.25) is 0 Å². The number of nitrogens with zero attached hydrogens (tertiary/aromatic N) is 1. The van der Waals surface area contributed by atoms with E-state index in [0.717, 1.165) is 24.3 Å². The summed E-state index contributed by atoms with van der Waals surface area (Å²) in [4.78, 5) is 29.4. The molecule has 30 heavy (non-hydrogen) atoms. The van der Waals surface area contributed by atoms with Crippen LogP contribution in [-0.2, 0) is 0 Å². The lowest BCUT2D eigenvalue weighted by molar-refractivity contribution is 0.0731. The molecule has 0 aliphatic heterocycles. The highest BCUT2D eigenvalue weighted by molar-refractivity contribution is 5.93. The second kappa shape index (κ2) is 7.13. The van der Waals surface area contributed by atoms with Gasteiger partial charge >= 0.3 is 5.97 Å². The molecule has 0 spiro atoms. The third-order valence-electron chi connectivity index (χ3n) is 4.25. The number of carbonyl (C=O) groups is 1. The Morgan fingerprint density at radius 2 is 1.77 bits per heavy atom. The van der Waals surface area contributed by atoms with E-state index >= 15 is 0 Å². The zero-order valence-corrected chi connectivity index (χ0v) is 15.1. The average Bonchev–Trinajstić information content (AvgIpc) is 2.72. The molecule has 0 unspecified atom stereocenters. The number of fused-ring (bicyclic) bond motifs is 1. The zero-order chi connectivity index (χ0) is 21.4. The van der Waals surface area contributed by atoms with Crippen LogP contribution in [0, 0.1) is 0 Å². The summed E-state index contributed by atoms with van der Waals surface area (Å²) in [7, 11) is 0. The van der Waals surface area contributed by atoms with Gasteiger partial charge in [0, 0.05) is 30.1 Å². The van der Waals surface area contributed by atoms with Crippen molar-refractivity contribution in [2.75, 3.05) is 0 Å². The maximum Gasteiger partial charge on any atom is 0.345 e. The maximum absolute atomic E-state index is 13.1. The van der Waals surface area contributed by atoms with E-state index < -0.39 is 34.4 Å². The van der Waals surface area contributed by atoms with E-state index in [4.69, 9.17) is 9.15 Å². The number of hydrogen-bond acceptors (Lipinski definition) is 9. The third kappa shape index (κ3) is 3.24. The lowest BCUT2D eigenvalue weighted by atomic mass is 10.1. The average molecular weight is 407 g/mol. The highest BCUT2D eigenvalue weighted by atomic mass is 16.5. The second-order valence-corrected chi connectivity index (χ2v) is 6.26. The summed E-state index contributed by atoms with van der Waals surface area (Å²) in [6.45, 7) is 0. The molecule has 0 fully saturated rings. The number of hydrogen-bond donors (Lipinski definition) is 4. The molecule has 2 aromatic carbocycles. The molecule has 0 aliphatic carbocycles. The molecule has 4 rings (SSSR count). The van der Waals surface area contributed by atoms with Gasteiger partial charge in [0.25, 0.3) is 0 Å². The van der Waals surface area contributed by atoms with Crippen LogP contribution in [-0.4, -0.2) is 31.4 Å². The Balaban J connectivity index is 1.98. The van der Waals surface area contributed by atoms with Gasteiger partial charge in [-0.25, -0.2) is 4.79 Å². The fourth-order valence-electron chi connectivity index (χ4n) is 2.85. The van der Waals surface area contributed by atoms with Gasteiger partial charge in [-0.1, -0.05) is 0 Å². The van der Waals surface area contributed by atoms with Crippen LogP contribution in [0.4, 0.5) is 0 Å². The van der Waals surface area contributed by atoms with E-state index in [1.807, 2.05) is 0 Å². The van der Waals surface area contributed by atoms with Crippen LogP contribution < -0.4 is 10.2 Å². The summed E-state index contributed by atoms with van der Waals surface area (Å²) in [5, 5.41) is 38.9. The molecular formula is C21H13NO8. The summed E-state index contributed by atoms with van der Waals surface area (Å²) >= 11 is 0. The van der Waals surface area contributed by atoms with Crippen LogP contribution in [0.15, 0.2) is 64.1 Å². The maximum atomic E-state index is 13.1. The highest BCUT2D eigenvalue weighted by Gasteiger charge is 2.24. The molecule has 0 radical (unpaired) electrons. The number of carbonyl (C=O) groups excluding carboxylic acids is 1. The summed E-state index contributed by atoms with van der Waals surface area (Å²) in [5.41, 5.74) is -0.901. The number of esters is 1. The van der Waals surface area contributed by atoms with Crippen molar-refractivity contribution in [2.45, 2.75) is 0 Å². The first-order valence-electron chi connectivity index (χ1n) is 8.52. The van der Waals surface area contributed by atoms with Crippen molar-refractivity contribution < 1.29 is 34.4 Å². The molecule has 150 valence electrons. The standard InChI is InChI=1S/C21H13NO8/c23-12-7-15(26)17-16(8-12)29-19(10-3-4-13(24)14(25)6-10)20(18(17)27)30-21(28)11-2-1-5-22-9-11/h1-9,23-26H. The number of benzene rings is 2. The van der Waals surface area contributed by atoms with Crippen LogP contribution in [0.1, 0.15) is 10.4 Å². The topological polar surface area (TPSA) is 150 Å². The minimum Gasteiger partial charge on any atom is -0.508 e. The van der Waals surface area contributed by atoms with E-state index in [1.165, 1.54) is 30.6 Å². The van der Waals surface area contributed by atoms with Gasteiger partial charge in [0.1, 0.15) is 22.5 Å². The normalized spacial score (nSPS) is 10.8. The van der Waals surface area contributed by atoms with Gasteiger partial charge < -0.3 is 29.6 Å². The van der Waals surface area contributed by atoms with E-state index in [0.29, 0.717) is 0 Å². The zero-order valence-electron chi connectivity index (χ0n) is 15.1. The van der Waals surface area contributed by atoms with E-state index in [1.54, 1.807) is 0 Å². The first-order chi connectivity index (χ1) is 14.3. The largest absolute Gasteiger partial charge is 0.508 e. The van der Waals surface area contributed by atoms with Crippen molar-refractivity contribution in [1.29, 1.82) is 0 Å². The first-order valence-corrected chi connectivity index (χ1v) is 8.52. The first kappa shape index (κ1) is 18.8. The number of pyridine rings is 1. The fourth-order valence-corrected chi connectivity index (χ4v) is 2.85. The monoisotopic (exact) mass is 407 g/mol. The summed E-state index contributed by atoms with van der Waals surface area (Å²) < 4.78 is 10.9. The minimum atomic E-state index is -0.905. The lowest BCUT2D eigenvalue weighted by Crippen LogP contribution is -2.16. The summed E-state index contributed by atoms with van der Waals surface area (Å²) in [6, 6.07) is 8.56. The quantitative estimate of drug-likeness (QED) is 0.297. The molecule has 0 aliphatic rings. The molecule has 4 aromatic rings. The van der Waals surface area contributed by atoms with Gasteiger partial charge in [0.05, 0.1) is 5.56 Å². The predicted octanol–water partition coefficient (Wildman–Crippen LogP) is 2.90. The number of rotatable bonds is 3. The molecule has 0 atom stereocenters. The number of phenols is 4. The van der Waals surface area contributed by atoms with Crippen LogP contribution in [0.25, 0.3) is 22.3 Å².